The zero-order chi connectivity index (χ0) is 13.3. The number of aliphatic carboxylic acids is 1. The molecular weight excluding hydrogens is 226 g/mol. The molecule has 2 fully saturated rings. The highest BCUT2D eigenvalue weighted by molar-refractivity contribution is 5.74. The Balaban J connectivity index is 2.18. The first-order valence-corrected chi connectivity index (χ1v) is 7.56. The molecule has 0 amide bonds. The van der Waals surface area contributed by atoms with E-state index in [1.807, 2.05) is 0 Å². The molecule has 2 aliphatic rings. The molecule has 3 heteroatoms. The molecule has 1 saturated heterocycles. The minimum absolute atomic E-state index is 0.234. The van der Waals surface area contributed by atoms with Gasteiger partial charge in [0.25, 0.3) is 0 Å². The lowest BCUT2D eigenvalue weighted by Gasteiger charge is -2.39. The number of hydrogen-bond acceptors (Lipinski definition) is 2. The summed E-state index contributed by atoms with van der Waals surface area (Å²) >= 11 is 0. The molecule has 18 heavy (non-hydrogen) atoms. The summed E-state index contributed by atoms with van der Waals surface area (Å²) in [5.74, 6) is 0.596. The predicted molar refractivity (Wildman–Crippen MR) is 72.5 cm³/mol. The van der Waals surface area contributed by atoms with Crippen molar-refractivity contribution in [3.8, 4) is 0 Å². The van der Waals surface area contributed by atoms with Crippen LogP contribution in [0.5, 0.6) is 0 Å². The van der Waals surface area contributed by atoms with Crippen molar-refractivity contribution < 1.29 is 9.90 Å². The van der Waals surface area contributed by atoms with Crippen LogP contribution in [0.1, 0.15) is 59.3 Å². The van der Waals surface area contributed by atoms with Crippen molar-refractivity contribution >= 4 is 5.97 Å². The van der Waals surface area contributed by atoms with Gasteiger partial charge in [0.15, 0.2) is 0 Å². The van der Waals surface area contributed by atoms with Gasteiger partial charge in [-0.1, -0.05) is 33.1 Å². The monoisotopic (exact) mass is 253 g/mol. The molecule has 0 spiro atoms. The molecule has 5 atom stereocenters. The fraction of sp³-hybridized carbons (Fsp3) is 0.933. The van der Waals surface area contributed by atoms with Crippen molar-refractivity contribution in [3.63, 3.8) is 0 Å². The minimum atomic E-state index is -0.612. The van der Waals surface area contributed by atoms with E-state index >= 15 is 0 Å². The number of rotatable bonds is 4. The van der Waals surface area contributed by atoms with E-state index in [1.165, 1.54) is 25.7 Å². The second kappa shape index (κ2) is 5.60. The van der Waals surface area contributed by atoms with Gasteiger partial charge in [0.1, 0.15) is 6.04 Å². The Morgan fingerprint density at radius 3 is 2.61 bits per heavy atom. The summed E-state index contributed by atoms with van der Waals surface area (Å²) < 4.78 is 0. The molecule has 0 aromatic carbocycles. The van der Waals surface area contributed by atoms with E-state index in [2.05, 4.69) is 25.7 Å². The van der Waals surface area contributed by atoms with Crippen LogP contribution in [-0.2, 0) is 4.79 Å². The number of fused-ring (bicyclic) bond motifs is 1. The smallest absolute Gasteiger partial charge is 0.320 e. The summed E-state index contributed by atoms with van der Waals surface area (Å²) in [4.78, 5) is 13.9. The lowest BCUT2D eigenvalue weighted by Crippen LogP contribution is -2.49. The van der Waals surface area contributed by atoms with Crippen molar-refractivity contribution in [2.75, 3.05) is 0 Å². The Labute approximate surface area is 111 Å². The van der Waals surface area contributed by atoms with Crippen molar-refractivity contribution in [2.24, 2.45) is 11.8 Å². The normalized spacial score (nSPS) is 36.1. The molecule has 1 saturated carbocycles. The average Bonchev–Trinajstić information content (AvgIpc) is 2.76. The van der Waals surface area contributed by atoms with E-state index in [0.717, 1.165) is 12.8 Å². The van der Waals surface area contributed by atoms with Crippen LogP contribution in [0.15, 0.2) is 0 Å². The standard InChI is InChI=1S/C15H27NO2/c1-4-10(2)11(3)16-13-8-6-5-7-12(13)9-14(16)15(17)18/h10-14H,4-9H2,1-3H3,(H,17,18). The maximum Gasteiger partial charge on any atom is 0.320 e. The number of carboxylic acid groups (broad SMARTS) is 1. The lowest BCUT2D eigenvalue weighted by molar-refractivity contribution is -0.144. The van der Waals surface area contributed by atoms with E-state index in [1.54, 1.807) is 0 Å². The van der Waals surface area contributed by atoms with Gasteiger partial charge in [-0.2, -0.15) is 0 Å². The highest BCUT2D eigenvalue weighted by Crippen LogP contribution is 2.42. The summed E-state index contributed by atoms with van der Waals surface area (Å²) in [5, 5.41) is 9.49. The van der Waals surface area contributed by atoms with E-state index < -0.39 is 5.97 Å². The molecule has 1 heterocycles. The third-order valence-corrected chi connectivity index (χ3v) is 5.36. The molecule has 0 radical (unpaired) electrons. The van der Waals surface area contributed by atoms with Gasteiger partial charge >= 0.3 is 5.97 Å². The van der Waals surface area contributed by atoms with Gasteiger partial charge in [-0.15, -0.1) is 0 Å². The van der Waals surface area contributed by atoms with Crippen molar-refractivity contribution in [3.05, 3.63) is 0 Å². The number of nitrogens with zero attached hydrogens (tertiary/aromatic N) is 1. The minimum Gasteiger partial charge on any atom is -0.480 e. The maximum absolute atomic E-state index is 11.5. The first-order chi connectivity index (χ1) is 8.56. The second-order valence-electron chi connectivity index (χ2n) is 6.27. The largest absolute Gasteiger partial charge is 0.480 e. The second-order valence-corrected chi connectivity index (χ2v) is 6.27. The topological polar surface area (TPSA) is 40.5 Å². The number of carboxylic acids is 1. The average molecular weight is 253 g/mol. The van der Waals surface area contributed by atoms with Gasteiger partial charge in [0.2, 0.25) is 0 Å². The molecule has 1 N–H and O–H groups in total. The van der Waals surface area contributed by atoms with Crippen LogP contribution in [0.3, 0.4) is 0 Å². The Bertz CT molecular complexity index is 305. The molecule has 1 aliphatic carbocycles. The number of likely N-dealkylation sites (tertiary alicyclic amines) is 1. The van der Waals surface area contributed by atoms with E-state index in [9.17, 15) is 9.90 Å². The Morgan fingerprint density at radius 2 is 2.00 bits per heavy atom. The molecule has 1 aliphatic heterocycles. The quantitative estimate of drug-likeness (QED) is 0.836. The van der Waals surface area contributed by atoms with Gasteiger partial charge < -0.3 is 5.11 Å². The zero-order valence-corrected chi connectivity index (χ0v) is 11.9. The Morgan fingerprint density at radius 1 is 1.33 bits per heavy atom. The fourth-order valence-corrected chi connectivity index (χ4v) is 3.94. The van der Waals surface area contributed by atoms with Gasteiger partial charge in [0, 0.05) is 12.1 Å². The van der Waals surface area contributed by atoms with Crippen molar-refractivity contribution in [1.82, 2.24) is 4.90 Å². The fourth-order valence-electron chi connectivity index (χ4n) is 3.94. The summed E-state index contributed by atoms with van der Waals surface area (Å²) in [7, 11) is 0. The van der Waals surface area contributed by atoms with Gasteiger partial charge in [0.05, 0.1) is 0 Å². The molecule has 104 valence electrons. The van der Waals surface area contributed by atoms with E-state index in [4.69, 9.17) is 0 Å². The number of hydrogen-bond donors (Lipinski definition) is 1. The van der Waals surface area contributed by atoms with Crippen LogP contribution in [0, 0.1) is 11.8 Å². The zero-order valence-electron chi connectivity index (χ0n) is 11.9. The van der Waals surface area contributed by atoms with Crippen molar-refractivity contribution in [1.29, 1.82) is 0 Å². The third kappa shape index (κ3) is 2.42. The van der Waals surface area contributed by atoms with E-state index in [-0.39, 0.29) is 6.04 Å². The first-order valence-electron chi connectivity index (χ1n) is 7.56. The predicted octanol–water partition coefficient (Wildman–Crippen LogP) is 3.14. The van der Waals surface area contributed by atoms with Gasteiger partial charge in [-0.05, 0) is 38.0 Å². The molecule has 5 unspecified atom stereocenters. The van der Waals surface area contributed by atoms with Crippen molar-refractivity contribution in [2.45, 2.75) is 77.4 Å². The van der Waals surface area contributed by atoms with Gasteiger partial charge in [-0.3, -0.25) is 9.69 Å². The lowest BCUT2D eigenvalue weighted by atomic mass is 9.84. The number of carbonyl (C=O) groups is 1. The Hall–Kier alpha value is -0.570. The van der Waals surface area contributed by atoms with Crippen LogP contribution < -0.4 is 0 Å². The first kappa shape index (κ1) is 13.9. The van der Waals surface area contributed by atoms with Crippen LogP contribution in [0.25, 0.3) is 0 Å². The van der Waals surface area contributed by atoms with Gasteiger partial charge in [-0.25, -0.2) is 0 Å². The van der Waals surface area contributed by atoms with Crippen LogP contribution in [-0.4, -0.2) is 34.1 Å². The van der Waals surface area contributed by atoms with Crippen LogP contribution >= 0.6 is 0 Å². The molecular formula is C15H27NO2. The highest BCUT2D eigenvalue weighted by Gasteiger charge is 2.47. The maximum atomic E-state index is 11.5. The molecule has 0 aromatic rings. The summed E-state index contributed by atoms with van der Waals surface area (Å²) in [6.07, 6.45) is 7.01. The molecule has 2 rings (SSSR count). The SMILES string of the molecule is CCC(C)C(C)N1C(C(=O)O)CC2CCCCC21. The highest BCUT2D eigenvalue weighted by atomic mass is 16.4. The summed E-state index contributed by atoms with van der Waals surface area (Å²) in [5.41, 5.74) is 0. The van der Waals surface area contributed by atoms with Crippen LogP contribution in [0.4, 0.5) is 0 Å². The molecule has 3 nitrogen and oxygen atoms in total. The molecule has 0 bridgehead atoms. The van der Waals surface area contributed by atoms with Crippen LogP contribution in [0.2, 0.25) is 0 Å². The Kier molecular flexibility index (Phi) is 4.31. The summed E-state index contributed by atoms with van der Waals surface area (Å²) in [6, 6.07) is 0.690. The molecule has 0 aromatic heterocycles. The summed E-state index contributed by atoms with van der Waals surface area (Å²) in [6.45, 7) is 6.67. The van der Waals surface area contributed by atoms with E-state index in [0.29, 0.717) is 23.9 Å². The third-order valence-electron chi connectivity index (χ3n) is 5.36.